The maximum Gasteiger partial charge on any atom is 0.300 e. The Morgan fingerprint density at radius 3 is 2.90 bits per heavy atom. The molecule has 6 nitrogen and oxygen atoms in total. The molecule has 1 aliphatic rings. The van der Waals surface area contributed by atoms with Crippen molar-refractivity contribution in [3.8, 4) is 0 Å². The van der Waals surface area contributed by atoms with Gasteiger partial charge in [-0.15, -0.1) is 0 Å². The van der Waals surface area contributed by atoms with Crippen LogP contribution in [0.5, 0.6) is 0 Å². The lowest BCUT2D eigenvalue weighted by molar-refractivity contribution is -0.385. The number of benzene rings is 1. The Hall–Kier alpha value is -1.66. The first-order valence-electron chi connectivity index (χ1n) is 6.81. The number of para-hydroxylation sites is 1. The fourth-order valence-electron chi connectivity index (χ4n) is 2.46. The zero-order chi connectivity index (χ0) is 15.6. The van der Waals surface area contributed by atoms with Crippen LogP contribution >= 0.6 is 11.6 Å². The highest BCUT2D eigenvalue weighted by molar-refractivity contribution is 6.33. The van der Waals surface area contributed by atoms with Crippen LogP contribution in [0.25, 0.3) is 0 Å². The molecule has 1 aliphatic heterocycles. The molecule has 2 atom stereocenters. The van der Waals surface area contributed by atoms with Gasteiger partial charge in [0, 0.05) is 6.54 Å². The molecule has 0 aliphatic carbocycles. The summed E-state index contributed by atoms with van der Waals surface area (Å²) in [6.45, 7) is 4.69. The van der Waals surface area contributed by atoms with Crippen LogP contribution in [-0.2, 0) is 4.74 Å². The van der Waals surface area contributed by atoms with E-state index in [1.165, 1.54) is 12.1 Å². The van der Waals surface area contributed by atoms with Crippen LogP contribution < -0.4 is 0 Å². The molecule has 0 radical (unpaired) electrons. The first-order valence-corrected chi connectivity index (χ1v) is 7.19. The minimum Gasteiger partial charge on any atom is -0.375 e. The van der Waals surface area contributed by atoms with Crippen LogP contribution in [0, 0.1) is 10.1 Å². The van der Waals surface area contributed by atoms with Crippen LogP contribution in [0.2, 0.25) is 5.02 Å². The SMILES string of the molecule is CCC1COC(C)CN1C(=O)c1cccc(Cl)c1[N+](=O)[O-]. The second kappa shape index (κ2) is 6.41. The number of nitrogens with zero attached hydrogens (tertiary/aromatic N) is 2. The fraction of sp³-hybridized carbons (Fsp3) is 0.500. The number of nitro groups is 1. The molecule has 2 rings (SSSR count). The third kappa shape index (κ3) is 3.16. The van der Waals surface area contributed by atoms with Gasteiger partial charge in [0.15, 0.2) is 0 Å². The summed E-state index contributed by atoms with van der Waals surface area (Å²) in [6, 6.07) is 4.33. The Bertz CT molecular complexity index is 564. The van der Waals surface area contributed by atoms with Gasteiger partial charge < -0.3 is 9.64 Å². The van der Waals surface area contributed by atoms with Gasteiger partial charge in [-0.1, -0.05) is 24.6 Å². The zero-order valence-corrected chi connectivity index (χ0v) is 12.7. The van der Waals surface area contributed by atoms with Gasteiger partial charge >= 0.3 is 5.69 Å². The summed E-state index contributed by atoms with van der Waals surface area (Å²) in [5, 5.41) is 11.1. The van der Waals surface area contributed by atoms with Crippen molar-refractivity contribution >= 4 is 23.2 Å². The van der Waals surface area contributed by atoms with Crippen molar-refractivity contribution in [2.75, 3.05) is 13.2 Å². The molecule has 0 N–H and O–H groups in total. The molecule has 1 amide bonds. The fourth-order valence-corrected chi connectivity index (χ4v) is 2.70. The Morgan fingerprint density at radius 1 is 1.57 bits per heavy atom. The highest BCUT2D eigenvalue weighted by Crippen LogP contribution is 2.30. The molecule has 2 unspecified atom stereocenters. The molecular weight excluding hydrogens is 296 g/mol. The average Bonchev–Trinajstić information content (AvgIpc) is 2.45. The van der Waals surface area contributed by atoms with Crippen molar-refractivity contribution in [2.24, 2.45) is 0 Å². The molecule has 21 heavy (non-hydrogen) atoms. The van der Waals surface area contributed by atoms with E-state index in [0.29, 0.717) is 13.2 Å². The lowest BCUT2D eigenvalue weighted by Crippen LogP contribution is -2.51. The number of hydrogen-bond donors (Lipinski definition) is 0. The normalized spacial score (nSPS) is 22.1. The van der Waals surface area contributed by atoms with E-state index >= 15 is 0 Å². The molecule has 1 fully saturated rings. The van der Waals surface area contributed by atoms with Gasteiger partial charge in [-0.2, -0.15) is 0 Å². The molecular formula is C14H17ClN2O4. The van der Waals surface area contributed by atoms with Gasteiger partial charge in [0.25, 0.3) is 5.91 Å². The van der Waals surface area contributed by atoms with Crippen molar-refractivity contribution in [3.05, 3.63) is 38.9 Å². The average molecular weight is 313 g/mol. The summed E-state index contributed by atoms with van der Waals surface area (Å²) < 4.78 is 5.55. The molecule has 1 heterocycles. The lowest BCUT2D eigenvalue weighted by atomic mass is 10.1. The van der Waals surface area contributed by atoms with E-state index in [1.54, 1.807) is 11.0 Å². The van der Waals surface area contributed by atoms with E-state index in [-0.39, 0.29) is 34.3 Å². The molecule has 7 heteroatoms. The summed E-state index contributed by atoms with van der Waals surface area (Å²) in [6.07, 6.45) is 0.641. The number of carbonyl (C=O) groups excluding carboxylic acids is 1. The predicted molar refractivity (Wildman–Crippen MR) is 78.6 cm³/mol. The highest BCUT2D eigenvalue weighted by Gasteiger charge is 2.34. The monoisotopic (exact) mass is 312 g/mol. The maximum atomic E-state index is 12.7. The number of ether oxygens (including phenoxy) is 1. The summed E-state index contributed by atoms with van der Waals surface area (Å²) in [5.74, 6) is -0.369. The smallest absolute Gasteiger partial charge is 0.300 e. The zero-order valence-electron chi connectivity index (χ0n) is 11.9. The van der Waals surface area contributed by atoms with Crippen molar-refractivity contribution in [3.63, 3.8) is 0 Å². The van der Waals surface area contributed by atoms with E-state index in [4.69, 9.17) is 16.3 Å². The first kappa shape index (κ1) is 15.7. The summed E-state index contributed by atoms with van der Waals surface area (Å²) in [7, 11) is 0. The second-order valence-corrected chi connectivity index (χ2v) is 5.46. The third-order valence-corrected chi connectivity index (χ3v) is 3.90. The standard InChI is InChI=1S/C14H17ClN2O4/c1-3-10-8-21-9(2)7-16(10)14(18)11-5-4-6-12(15)13(11)17(19)20/h4-6,9-10H,3,7-8H2,1-2H3. The van der Waals surface area contributed by atoms with Crippen LogP contribution in [0.4, 0.5) is 5.69 Å². The maximum absolute atomic E-state index is 12.7. The third-order valence-electron chi connectivity index (χ3n) is 3.60. The van der Waals surface area contributed by atoms with Crippen molar-refractivity contribution in [1.29, 1.82) is 0 Å². The number of rotatable bonds is 3. The number of nitro benzene ring substituents is 1. The molecule has 0 aromatic heterocycles. The quantitative estimate of drug-likeness (QED) is 0.635. The van der Waals surface area contributed by atoms with E-state index < -0.39 is 4.92 Å². The van der Waals surface area contributed by atoms with Crippen LogP contribution in [0.3, 0.4) is 0 Å². The lowest BCUT2D eigenvalue weighted by Gasteiger charge is -2.38. The Kier molecular flexibility index (Phi) is 4.80. The Labute approximate surface area is 127 Å². The molecule has 114 valence electrons. The van der Waals surface area contributed by atoms with Gasteiger partial charge in [0.1, 0.15) is 10.6 Å². The van der Waals surface area contributed by atoms with E-state index in [1.807, 2.05) is 13.8 Å². The van der Waals surface area contributed by atoms with Gasteiger partial charge in [-0.05, 0) is 25.5 Å². The highest BCUT2D eigenvalue weighted by atomic mass is 35.5. The minimum absolute atomic E-state index is 0.0276. The number of amides is 1. The van der Waals surface area contributed by atoms with Gasteiger partial charge in [-0.3, -0.25) is 14.9 Å². The van der Waals surface area contributed by atoms with Gasteiger partial charge in [0.05, 0.1) is 23.7 Å². The topological polar surface area (TPSA) is 72.7 Å². The summed E-state index contributed by atoms with van der Waals surface area (Å²) in [4.78, 5) is 24.9. The summed E-state index contributed by atoms with van der Waals surface area (Å²) >= 11 is 5.87. The molecule has 0 spiro atoms. The van der Waals surface area contributed by atoms with Crippen molar-refractivity contribution in [1.82, 2.24) is 4.90 Å². The van der Waals surface area contributed by atoms with Gasteiger partial charge in [0.2, 0.25) is 0 Å². The molecule has 1 aromatic rings. The van der Waals surface area contributed by atoms with E-state index in [9.17, 15) is 14.9 Å². The molecule has 0 saturated carbocycles. The minimum atomic E-state index is -0.611. The Morgan fingerprint density at radius 2 is 2.29 bits per heavy atom. The molecule has 0 bridgehead atoms. The molecule has 1 aromatic carbocycles. The number of carbonyl (C=O) groups is 1. The number of hydrogen-bond acceptors (Lipinski definition) is 4. The first-order chi connectivity index (χ1) is 9.95. The summed E-state index contributed by atoms with van der Waals surface area (Å²) in [5.41, 5.74) is -0.307. The van der Waals surface area contributed by atoms with E-state index in [0.717, 1.165) is 6.42 Å². The largest absolute Gasteiger partial charge is 0.375 e. The molecule has 1 saturated heterocycles. The number of morpholine rings is 1. The van der Waals surface area contributed by atoms with Gasteiger partial charge in [-0.25, -0.2) is 0 Å². The predicted octanol–water partition coefficient (Wildman–Crippen LogP) is 2.89. The van der Waals surface area contributed by atoms with Crippen LogP contribution in [0.15, 0.2) is 18.2 Å². The van der Waals surface area contributed by atoms with Crippen molar-refractivity contribution < 1.29 is 14.5 Å². The van der Waals surface area contributed by atoms with Crippen LogP contribution in [-0.4, -0.2) is 41.0 Å². The van der Waals surface area contributed by atoms with Crippen molar-refractivity contribution in [2.45, 2.75) is 32.4 Å². The van der Waals surface area contributed by atoms with Crippen LogP contribution in [0.1, 0.15) is 30.6 Å². The Balaban J connectivity index is 2.39. The number of halogens is 1. The second-order valence-electron chi connectivity index (χ2n) is 5.06. The van der Waals surface area contributed by atoms with E-state index in [2.05, 4.69) is 0 Å².